The van der Waals surface area contributed by atoms with Gasteiger partial charge in [0.15, 0.2) is 5.17 Å². The quantitative estimate of drug-likeness (QED) is 0.200. The molecule has 0 radical (unpaired) electrons. The number of esters is 1. The van der Waals surface area contributed by atoms with Gasteiger partial charge >= 0.3 is 12.1 Å². The molecule has 1 aliphatic rings. The topological polar surface area (TPSA) is 55.7 Å². The molecule has 1 aliphatic heterocycles. The predicted molar refractivity (Wildman–Crippen MR) is 63.2 cm³/mol. The average molecular weight is 320 g/mol. The van der Waals surface area contributed by atoms with Crippen molar-refractivity contribution in [2.75, 3.05) is 6.61 Å². The Morgan fingerprint density at radius 2 is 2.06 bits per heavy atom. The normalized spacial score (nSPS) is 18.4. The molecule has 18 heavy (non-hydrogen) atoms. The van der Waals surface area contributed by atoms with Crippen molar-refractivity contribution >= 4 is 50.3 Å². The summed E-state index contributed by atoms with van der Waals surface area (Å²) in [7, 11) is 1.47. The zero-order chi connectivity index (χ0) is 13.9. The number of carbonyl (C=O) groups is 2. The number of hydrogen-bond acceptors (Lipinski definition) is 6. The van der Waals surface area contributed by atoms with Crippen molar-refractivity contribution in [1.29, 1.82) is 0 Å². The minimum atomic E-state index is -5.18. The summed E-state index contributed by atoms with van der Waals surface area (Å²) in [6.45, 7) is 1.25. The molecule has 1 rings (SSSR count). The molecule has 0 spiro atoms. The van der Waals surface area contributed by atoms with Crippen molar-refractivity contribution in [2.45, 2.75) is 13.1 Å². The summed E-state index contributed by atoms with van der Waals surface area (Å²) < 4.78 is 45.1. The molecule has 100 valence electrons. The summed E-state index contributed by atoms with van der Waals surface area (Å²) in [5.74, 6) is -3.66. The van der Waals surface area contributed by atoms with Crippen LogP contribution in [-0.2, 0) is 14.3 Å². The van der Waals surface area contributed by atoms with Gasteiger partial charge in [0.1, 0.15) is 5.57 Å². The molecular formula is C8H5ClF3NO3S2. The molecule has 0 amide bonds. The molecule has 0 unspecified atom stereocenters. The molecule has 0 atom stereocenters. The maximum absolute atomic E-state index is 12.4. The first-order chi connectivity index (χ1) is 8.29. The van der Waals surface area contributed by atoms with Gasteiger partial charge < -0.3 is 4.74 Å². The van der Waals surface area contributed by atoms with Crippen LogP contribution in [0.25, 0.3) is 0 Å². The lowest BCUT2D eigenvalue weighted by molar-refractivity contribution is -0.168. The molecule has 0 aliphatic carbocycles. The van der Waals surface area contributed by atoms with E-state index in [1.54, 1.807) is 0 Å². The largest absolute Gasteiger partial charge is 0.462 e. The average Bonchev–Trinajstić information content (AvgIpc) is 2.64. The summed E-state index contributed by atoms with van der Waals surface area (Å²) in [6.07, 6.45) is -5.18. The lowest BCUT2D eigenvalue weighted by Gasteiger charge is -2.10. The molecule has 4 nitrogen and oxygen atoms in total. The molecule has 10 heteroatoms. The number of allylic oxidation sites excluding steroid dienone is 1. The van der Waals surface area contributed by atoms with Gasteiger partial charge in [0.2, 0.25) is 0 Å². The highest BCUT2D eigenvalue weighted by Gasteiger charge is 2.46. The SMILES string of the molecule is CCOC(=O)/C(C(=O)C(F)(F)F)=C1/SSN=C1Cl. The van der Waals surface area contributed by atoms with E-state index in [1.807, 2.05) is 0 Å². The number of ketones is 1. The summed E-state index contributed by atoms with van der Waals surface area (Å²) in [4.78, 5) is 22.3. The van der Waals surface area contributed by atoms with Crippen LogP contribution in [0.5, 0.6) is 0 Å². The number of nitrogens with zero attached hydrogens (tertiary/aromatic N) is 1. The molecule has 0 saturated carbocycles. The van der Waals surface area contributed by atoms with E-state index >= 15 is 0 Å². The van der Waals surface area contributed by atoms with E-state index in [1.165, 1.54) is 6.92 Å². The number of Topliss-reactive ketones (excluding diaryl/α,β-unsaturated/α-hetero) is 1. The second-order valence-electron chi connectivity index (χ2n) is 2.79. The van der Waals surface area contributed by atoms with Gasteiger partial charge in [-0.25, -0.2) is 4.79 Å². The number of carbonyl (C=O) groups excluding carboxylic acids is 2. The third-order valence-electron chi connectivity index (χ3n) is 1.62. The first-order valence-electron chi connectivity index (χ1n) is 4.39. The first kappa shape index (κ1) is 15.4. The van der Waals surface area contributed by atoms with Gasteiger partial charge in [-0.3, -0.25) is 4.79 Å². The highest BCUT2D eigenvalue weighted by atomic mass is 35.5. The summed E-state index contributed by atoms with van der Waals surface area (Å²) in [5.41, 5.74) is -1.13. The fourth-order valence-corrected chi connectivity index (χ4v) is 3.26. The van der Waals surface area contributed by atoms with Gasteiger partial charge in [-0.15, -0.1) is 0 Å². The second kappa shape index (κ2) is 5.98. The van der Waals surface area contributed by atoms with Crippen LogP contribution in [0.1, 0.15) is 6.92 Å². The Bertz CT molecular complexity index is 447. The maximum Gasteiger partial charge on any atom is 0.455 e. The fraction of sp³-hybridized carbons (Fsp3) is 0.375. The van der Waals surface area contributed by atoms with Crippen molar-refractivity contribution in [2.24, 2.45) is 4.40 Å². The van der Waals surface area contributed by atoms with E-state index in [-0.39, 0.29) is 16.7 Å². The molecule has 0 saturated heterocycles. The van der Waals surface area contributed by atoms with E-state index in [0.29, 0.717) is 10.8 Å². The predicted octanol–water partition coefficient (Wildman–Crippen LogP) is 2.88. The zero-order valence-corrected chi connectivity index (χ0v) is 11.1. The highest BCUT2D eigenvalue weighted by molar-refractivity contribution is 8.78. The Hall–Kier alpha value is -0.670. The number of hydrogen-bond donors (Lipinski definition) is 0. The van der Waals surface area contributed by atoms with Crippen LogP contribution in [0, 0.1) is 0 Å². The summed E-state index contributed by atoms with van der Waals surface area (Å²) >= 11 is 5.53. The van der Waals surface area contributed by atoms with E-state index in [2.05, 4.69) is 9.13 Å². The molecule has 0 aromatic rings. The number of alkyl halides is 3. The van der Waals surface area contributed by atoms with Gasteiger partial charge in [0, 0.05) is 0 Å². The Labute approximate surface area is 113 Å². The lowest BCUT2D eigenvalue weighted by atomic mass is 10.1. The van der Waals surface area contributed by atoms with Crippen molar-refractivity contribution in [1.82, 2.24) is 0 Å². The van der Waals surface area contributed by atoms with Crippen molar-refractivity contribution in [3.05, 3.63) is 10.5 Å². The lowest BCUT2D eigenvalue weighted by Crippen LogP contribution is -2.30. The van der Waals surface area contributed by atoms with Crippen LogP contribution in [0.3, 0.4) is 0 Å². The molecule has 0 aromatic heterocycles. The third-order valence-corrected chi connectivity index (χ3v) is 3.95. The maximum atomic E-state index is 12.4. The second-order valence-corrected chi connectivity index (χ2v) is 5.00. The summed E-state index contributed by atoms with van der Waals surface area (Å²) in [6, 6.07) is 0. The van der Waals surface area contributed by atoms with Gasteiger partial charge in [0.25, 0.3) is 5.78 Å². The monoisotopic (exact) mass is 319 g/mol. The summed E-state index contributed by atoms with van der Waals surface area (Å²) in [5, 5.41) is -0.328. The number of rotatable bonds is 3. The van der Waals surface area contributed by atoms with E-state index in [0.717, 1.165) is 11.0 Å². The minimum absolute atomic E-state index is 0.159. The van der Waals surface area contributed by atoms with Crippen LogP contribution >= 0.6 is 33.4 Å². The Kier molecular flexibility index (Phi) is 5.11. The molecule has 1 heterocycles. The fourth-order valence-electron chi connectivity index (χ4n) is 0.943. The van der Waals surface area contributed by atoms with Crippen molar-refractivity contribution < 1.29 is 27.5 Å². The molecule has 0 fully saturated rings. The molecule has 0 aromatic carbocycles. The highest BCUT2D eigenvalue weighted by Crippen LogP contribution is 2.43. The molecule has 0 bridgehead atoms. The van der Waals surface area contributed by atoms with Gasteiger partial charge in [0.05, 0.1) is 22.5 Å². The van der Waals surface area contributed by atoms with Crippen LogP contribution in [0.15, 0.2) is 14.9 Å². The zero-order valence-electron chi connectivity index (χ0n) is 8.71. The van der Waals surface area contributed by atoms with Crippen LogP contribution in [0.2, 0.25) is 0 Å². The van der Waals surface area contributed by atoms with Crippen LogP contribution < -0.4 is 0 Å². The van der Waals surface area contributed by atoms with E-state index in [9.17, 15) is 22.8 Å². The Morgan fingerprint density at radius 3 is 2.44 bits per heavy atom. The first-order valence-corrected chi connectivity index (χ1v) is 6.88. The van der Waals surface area contributed by atoms with Crippen LogP contribution in [-0.4, -0.2) is 29.7 Å². The van der Waals surface area contributed by atoms with Crippen molar-refractivity contribution in [3.63, 3.8) is 0 Å². The smallest absolute Gasteiger partial charge is 0.455 e. The Balaban J connectivity index is 3.24. The third kappa shape index (κ3) is 3.42. The van der Waals surface area contributed by atoms with Gasteiger partial charge in [-0.2, -0.15) is 17.6 Å². The van der Waals surface area contributed by atoms with Crippen molar-refractivity contribution in [3.8, 4) is 0 Å². The number of halogens is 4. The van der Waals surface area contributed by atoms with Crippen LogP contribution in [0.4, 0.5) is 13.2 Å². The minimum Gasteiger partial charge on any atom is -0.462 e. The Morgan fingerprint density at radius 1 is 1.44 bits per heavy atom. The van der Waals surface area contributed by atoms with E-state index in [4.69, 9.17) is 11.6 Å². The molecular weight excluding hydrogens is 315 g/mol. The van der Waals surface area contributed by atoms with E-state index < -0.39 is 23.5 Å². The number of ether oxygens (including phenoxy) is 1. The molecule has 0 N–H and O–H groups in total. The standard InChI is InChI=1S/C8H5ClF3NO3S2/c1-2-16-7(15)3(5(14)8(10,11)12)4-6(9)13-18-17-4/h2H2,1H3/b4-3+. The van der Waals surface area contributed by atoms with Gasteiger partial charge in [-0.1, -0.05) is 11.6 Å². The van der Waals surface area contributed by atoms with Gasteiger partial charge in [-0.05, 0) is 17.7 Å².